The molecule has 5 heteroatoms. The van der Waals surface area contributed by atoms with Crippen LogP contribution in [0, 0.1) is 0 Å². The van der Waals surface area contributed by atoms with E-state index in [1.807, 2.05) is 35.3 Å². The lowest BCUT2D eigenvalue weighted by molar-refractivity contribution is 0.687. The fourth-order valence-electron chi connectivity index (χ4n) is 1.95. The van der Waals surface area contributed by atoms with Crippen LogP contribution in [0.4, 0.5) is 5.69 Å². The van der Waals surface area contributed by atoms with Crippen LogP contribution in [0.15, 0.2) is 47.7 Å². The van der Waals surface area contributed by atoms with Gasteiger partial charge in [0, 0.05) is 11.4 Å². The zero-order chi connectivity index (χ0) is 13.1. The highest BCUT2D eigenvalue weighted by molar-refractivity contribution is 8.15. The van der Waals surface area contributed by atoms with Gasteiger partial charge in [0.05, 0.1) is 25.0 Å². The molecule has 2 aromatic rings. The largest absolute Gasteiger partial charge is 0.332 e. The second-order valence-electron chi connectivity index (χ2n) is 4.61. The molecule has 0 bridgehead atoms. The molecule has 2 heterocycles. The first-order valence-corrected chi connectivity index (χ1v) is 7.22. The Balaban J connectivity index is 1.63. The third kappa shape index (κ3) is 3.17. The molecule has 0 aliphatic carbocycles. The van der Waals surface area contributed by atoms with E-state index in [4.69, 9.17) is 0 Å². The predicted molar refractivity (Wildman–Crippen MR) is 80.7 cm³/mol. The summed E-state index contributed by atoms with van der Waals surface area (Å²) in [6, 6.07) is 10.3. The smallest absolute Gasteiger partial charge is 0.161 e. The van der Waals surface area contributed by atoms with Gasteiger partial charge in [0.25, 0.3) is 0 Å². The fraction of sp³-hybridized carbons (Fsp3) is 0.286. The van der Waals surface area contributed by atoms with Gasteiger partial charge < -0.3 is 5.32 Å². The zero-order valence-electron chi connectivity index (χ0n) is 10.8. The number of nitrogens with zero attached hydrogens (tertiary/aromatic N) is 3. The molecule has 1 atom stereocenters. The Bertz CT molecular complexity index is 576. The van der Waals surface area contributed by atoms with Gasteiger partial charge in [-0.05, 0) is 5.56 Å². The van der Waals surface area contributed by atoms with E-state index in [1.165, 1.54) is 5.56 Å². The summed E-state index contributed by atoms with van der Waals surface area (Å²) < 4.78 is 1.93. The van der Waals surface area contributed by atoms with Crippen molar-refractivity contribution in [3.63, 3.8) is 0 Å². The van der Waals surface area contributed by atoms with E-state index in [1.54, 1.807) is 11.8 Å². The third-order valence-corrected chi connectivity index (χ3v) is 3.88. The summed E-state index contributed by atoms with van der Waals surface area (Å²) in [5.74, 6) is 0. The molecule has 98 valence electrons. The summed E-state index contributed by atoms with van der Waals surface area (Å²) in [6.07, 6.45) is 3.86. The average Bonchev–Trinajstić information content (AvgIpc) is 3.01. The van der Waals surface area contributed by atoms with Gasteiger partial charge in [-0.15, -0.1) is 0 Å². The molecule has 1 N–H and O–H groups in total. The van der Waals surface area contributed by atoms with Crippen LogP contribution in [0.1, 0.15) is 12.5 Å². The van der Waals surface area contributed by atoms with Crippen molar-refractivity contribution in [1.82, 2.24) is 9.78 Å². The predicted octanol–water partition coefficient (Wildman–Crippen LogP) is 2.83. The molecule has 1 aliphatic rings. The van der Waals surface area contributed by atoms with Crippen molar-refractivity contribution < 1.29 is 0 Å². The molecule has 0 amide bonds. The number of hydrogen-bond acceptors (Lipinski definition) is 4. The van der Waals surface area contributed by atoms with Gasteiger partial charge in [0.2, 0.25) is 0 Å². The standard InChI is InChI=1S/C14H16N4S/c1-11-7-15-14(19-11)17-13-8-16-18(10-13)9-12-5-3-2-4-6-12/h2-6,8,10-11H,7,9H2,1H3,(H,15,17). The Labute approximate surface area is 116 Å². The number of aromatic nitrogens is 2. The maximum Gasteiger partial charge on any atom is 0.161 e. The van der Waals surface area contributed by atoms with Crippen molar-refractivity contribution in [2.75, 3.05) is 11.9 Å². The number of anilines is 1. The highest BCUT2D eigenvalue weighted by Crippen LogP contribution is 2.21. The number of rotatable bonds is 3. The molecule has 1 aliphatic heterocycles. The van der Waals surface area contributed by atoms with E-state index in [-0.39, 0.29) is 0 Å². The van der Waals surface area contributed by atoms with Gasteiger partial charge in [0.15, 0.2) is 5.17 Å². The molecule has 0 fully saturated rings. The van der Waals surface area contributed by atoms with Gasteiger partial charge in [-0.1, -0.05) is 49.0 Å². The minimum absolute atomic E-state index is 0.571. The first-order chi connectivity index (χ1) is 9.29. The van der Waals surface area contributed by atoms with Crippen molar-refractivity contribution in [2.24, 2.45) is 4.99 Å². The number of amidine groups is 1. The second-order valence-corrected chi connectivity index (χ2v) is 6.04. The molecule has 1 unspecified atom stereocenters. The topological polar surface area (TPSA) is 42.2 Å². The van der Waals surface area contributed by atoms with Crippen molar-refractivity contribution in [3.8, 4) is 0 Å². The minimum atomic E-state index is 0.571. The van der Waals surface area contributed by atoms with Gasteiger partial charge in [-0.2, -0.15) is 5.10 Å². The minimum Gasteiger partial charge on any atom is -0.332 e. The SMILES string of the molecule is CC1CN=C(Nc2cnn(Cc3ccccc3)c2)S1. The van der Waals surface area contributed by atoms with E-state index >= 15 is 0 Å². The van der Waals surface area contributed by atoms with Crippen molar-refractivity contribution >= 4 is 22.6 Å². The molecule has 0 saturated carbocycles. The van der Waals surface area contributed by atoms with Crippen LogP contribution < -0.4 is 5.32 Å². The lowest BCUT2D eigenvalue weighted by Gasteiger charge is -2.03. The number of aliphatic imine (C=N–C) groups is 1. The van der Waals surface area contributed by atoms with Crippen LogP contribution >= 0.6 is 11.8 Å². The Morgan fingerprint density at radius 1 is 1.37 bits per heavy atom. The van der Waals surface area contributed by atoms with Gasteiger partial charge >= 0.3 is 0 Å². The first kappa shape index (κ1) is 12.3. The normalized spacial score (nSPS) is 18.4. The molecule has 19 heavy (non-hydrogen) atoms. The quantitative estimate of drug-likeness (QED) is 0.934. The van der Waals surface area contributed by atoms with E-state index in [0.717, 1.165) is 23.9 Å². The molecule has 1 aromatic carbocycles. The Morgan fingerprint density at radius 3 is 2.95 bits per heavy atom. The molecule has 1 aromatic heterocycles. The van der Waals surface area contributed by atoms with Gasteiger partial charge in [0.1, 0.15) is 0 Å². The maximum absolute atomic E-state index is 4.44. The third-order valence-electron chi connectivity index (χ3n) is 2.88. The monoisotopic (exact) mass is 272 g/mol. The fourth-order valence-corrected chi connectivity index (χ4v) is 2.81. The number of benzene rings is 1. The average molecular weight is 272 g/mol. The first-order valence-electron chi connectivity index (χ1n) is 6.34. The summed E-state index contributed by atoms with van der Waals surface area (Å²) in [7, 11) is 0. The van der Waals surface area contributed by atoms with Gasteiger partial charge in [-0.3, -0.25) is 9.67 Å². The summed E-state index contributed by atoms with van der Waals surface area (Å²) in [6.45, 7) is 3.87. The Hall–Kier alpha value is -1.75. The van der Waals surface area contributed by atoms with E-state index in [0.29, 0.717) is 5.25 Å². The van der Waals surface area contributed by atoms with Crippen molar-refractivity contribution in [1.29, 1.82) is 0 Å². The van der Waals surface area contributed by atoms with Crippen LogP contribution in [0.3, 0.4) is 0 Å². The van der Waals surface area contributed by atoms with Gasteiger partial charge in [-0.25, -0.2) is 0 Å². The summed E-state index contributed by atoms with van der Waals surface area (Å²) in [4.78, 5) is 4.44. The Morgan fingerprint density at radius 2 is 2.21 bits per heavy atom. The number of thioether (sulfide) groups is 1. The zero-order valence-corrected chi connectivity index (χ0v) is 11.6. The summed E-state index contributed by atoms with van der Waals surface area (Å²) in [5.41, 5.74) is 2.25. The maximum atomic E-state index is 4.44. The van der Waals surface area contributed by atoms with E-state index < -0.39 is 0 Å². The van der Waals surface area contributed by atoms with Crippen LogP contribution in [-0.2, 0) is 6.54 Å². The molecule has 3 rings (SSSR count). The highest BCUT2D eigenvalue weighted by Gasteiger charge is 2.15. The van der Waals surface area contributed by atoms with Crippen molar-refractivity contribution in [3.05, 3.63) is 48.3 Å². The highest BCUT2D eigenvalue weighted by atomic mass is 32.2. The molecular weight excluding hydrogens is 256 g/mol. The molecule has 0 radical (unpaired) electrons. The molecule has 4 nitrogen and oxygen atoms in total. The Kier molecular flexibility index (Phi) is 3.55. The van der Waals surface area contributed by atoms with E-state index in [2.05, 4.69) is 34.5 Å². The summed E-state index contributed by atoms with van der Waals surface area (Å²) >= 11 is 1.78. The van der Waals surface area contributed by atoms with E-state index in [9.17, 15) is 0 Å². The molecule has 0 spiro atoms. The number of hydrogen-bond donors (Lipinski definition) is 1. The second kappa shape index (κ2) is 5.48. The molecular formula is C14H16N4S. The lowest BCUT2D eigenvalue weighted by Crippen LogP contribution is -2.05. The van der Waals surface area contributed by atoms with Crippen LogP contribution in [0.25, 0.3) is 0 Å². The van der Waals surface area contributed by atoms with Crippen LogP contribution in [0.5, 0.6) is 0 Å². The number of nitrogens with one attached hydrogen (secondary N) is 1. The molecule has 0 saturated heterocycles. The van der Waals surface area contributed by atoms with Crippen molar-refractivity contribution in [2.45, 2.75) is 18.7 Å². The van der Waals surface area contributed by atoms with Crippen LogP contribution in [0.2, 0.25) is 0 Å². The summed E-state index contributed by atoms with van der Waals surface area (Å²) in [5, 5.41) is 9.23. The lowest BCUT2D eigenvalue weighted by atomic mass is 10.2. The van der Waals surface area contributed by atoms with Crippen LogP contribution in [-0.4, -0.2) is 26.7 Å².